The van der Waals surface area contributed by atoms with E-state index in [1.807, 2.05) is 36.9 Å². The standard InChI is InChI=1S/C17H21N7/c1-4-13-15-14(21-10-24(15)3)17(19-2)23-16(13)20-9-12-7-5-6-11(8-18)22-12/h4-7,10H,1,8-9,18H2,2-3H3,(H2,19,20,23). The van der Waals surface area contributed by atoms with Gasteiger partial charge in [0.05, 0.1) is 29.8 Å². The highest BCUT2D eigenvalue weighted by atomic mass is 15.1. The molecule has 3 aromatic heterocycles. The second-order valence-electron chi connectivity index (χ2n) is 5.41. The van der Waals surface area contributed by atoms with Crippen molar-refractivity contribution < 1.29 is 0 Å². The van der Waals surface area contributed by atoms with Crippen LogP contribution in [-0.2, 0) is 20.1 Å². The third-order valence-electron chi connectivity index (χ3n) is 3.85. The average Bonchev–Trinajstić information content (AvgIpc) is 3.01. The van der Waals surface area contributed by atoms with Crippen molar-refractivity contribution in [2.24, 2.45) is 12.8 Å². The Labute approximate surface area is 140 Å². The first-order valence-electron chi connectivity index (χ1n) is 7.72. The van der Waals surface area contributed by atoms with Crippen LogP contribution >= 0.6 is 0 Å². The third kappa shape index (κ3) is 2.81. The fourth-order valence-electron chi connectivity index (χ4n) is 2.68. The normalized spacial score (nSPS) is 10.8. The van der Waals surface area contributed by atoms with Crippen LogP contribution < -0.4 is 16.4 Å². The van der Waals surface area contributed by atoms with Gasteiger partial charge in [-0.05, 0) is 12.1 Å². The molecule has 0 aliphatic rings. The van der Waals surface area contributed by atoms with Crippen molar-refractivity contribution in [1.82, 2.24) is 19.5 Å². The van der Waals surface area contributed by atoms with Gasteiger partial charge in [0, 0.05) is 26.2 Å². The molecule has 7 heteroatoms. The lowest BCUT2D eigenvalue weighted by Gasteiger charge is -2.13. The number of pyridine rings is 2. The predicted molar refractivity (Wildman–Crippen MR) is 97.6 cm³/mol. The molecule has 0 aromatic carbocycles. The van der Waals surface area contributed by atoms with Gasteiger partial charge in [-0.15, -0.1) is 0 Å². The molecule has 0 saturated carbocycles. The lowest BCUT2D eigenvalue weighted by atomic mass is 10.2. The summed E-state index contributed by atoms with van der Waals surface area (Å²) in [4.78, 5) is 13.6. The van der Waals surface area contributed by atoms with Crippen LogP contribution in [0.3, 0.4) is 0 Å². The molecule has 3 heterocycles. The van der Waals surface area contributed by atoms with Gasteiger partial charge in [0.2, 0.25) is 0 Å². The van der Waals surface area contributed by atoms with E-state index < -0.39 is 0 Å². The summed E-state index contributed by atoms with van der Waals surface area (Å²) >= 11 is 0. The van der Waals surface area contributed by atoms with Crippen LogP contribution in [0.25, 0.3) is 17.1 Å². The summed E-state index contributed by atoms with van der Waals surface area (Å²) in [6.45, 7) is 4.90. The third-order valence-corrected chi connectivity index (χ3v) is 3.85. The molecule has 3 rings (SSSR count). The molecule has 0 bridgehead atoms. The molecule has 0 unspecified atom stereocenters. The largest absolute Gasteiger partial charge is 0.371 e. The van der Waals surface area contributed by atoms with E-state index in [0.29, 0.717) is 13.1 Å². The van der Waals surface area contributed by atoms with E-state index in [-0.39, 0.29) is 0 Å². The van der Waals surface area contributed by atoms with Crippen LogP contribution in [0.5, 0.6) is 0 Å². The smallest absolute Gasteiger partial charge is 0.156 e. The Hall–Kier alpha value is -2.93. The van der Waals surface area contributed by atoms with E-state index in [2.05, 4.69) is 32.2 Å². The summed E-state index contributed by atoms with van der Waals surface area (Å²) < 4.78 is 1.97. The summed E-state index contributed by atoms with van der Waals surface area (Å²) in [5.74, 6) is 1.47. The second kappa shape index (κ2) is 6.67. The van der Waals surface area contributed by atoms with Crippen molar-refractivity contribution in [2.75, 3.05) is 17.7 Å². The number of hydrogen-bond donors (Lipinski definition) is 3. The Balaban J connectivity index is 1.99. The number of fused-ring (bicyclic) bond motifs is 1. The number of nitrogens with one attached hydrogen (secondary N) is 2. The highest BCUT2D eigenvalue weighted by molar-refractivity contribution is 5.96. The number of aryl methyl sites for hydroxylation is 1. The Morgan fingerprint density at radius 2 is 2.04 bits per heavy atom. The molecule has 0 fully saturated rings. The van der Waals surface area contributed by atoms with E-state index in [0.717, 1.165) is 39.6 Å². The number of aromatic nitrogens is 4. The van der Waals surface area contributed by atoms with E-state index in [4.69, 9.17) is 5.73 Å². The van der Waals surface area contributed by atoms with Gasteiger partial charge in [0.25, 0.3) is 0 Å². The van der Waals surface area contributed by atoms with Gasteiger partial charge in [-0.2, -0.15) is 0 Å². The minimum absolute atomic E-state index is 0.425. The lowest BCUT2D eigenvalue weighted by molar-refractivity contribution is 0.932. The summed E-state index contributed by atoms with van der Waals surface area (Å²) in [6, 6.07) is 5.83. The molecule has 124 valence electrons. The number of anilines is 2. The number of nitrogens with zero attached hydrogens (tertiary/aromatic N) is 4. The molecule has 0 aliphatic heterocycles. The molecule has 7 nitrogen and oxygen atoms in total. The molecule has 0 amide bonds. The van der Waals surface area contributed by atoms with Crippen molar-refractivity contribution >= 4 is 28.7 Å². The molecule has 0 atom stereocenters. The number of hydrogen-bond acceptors (Lipinski definition) is 6. The predicted octanol–water partition coefficient (Wildman–Crippen LogP) is 2.12. The molecule has 24 heavy (non-hydrogen) atoms. The van der Waals surface area contributed by atoms with Crippen LogP contribution in [0.2, 0.25) is 0 Å². The maximum absolute atomic E-state index is 5.65. The van der Waals surface area contributed by atoms with Crippen molar-refractivity contribution in [3.05, 3.63) is 48.1 Å². The van der Waals surface area contributed by atoms with Crippen LogP contribution in [0.15, 0.2) is 31.1 Å². The molecule has 3 aromatic rings. The Morgan fingerprint density at radius 3 is 2.75 bits per heavy atom. The van der Waals surface area contributed by atoms with Crippen molar-refractivity contribution in [2.45, 2.75) is 13.1 Å². The lowest BCUT2D eigenvalue weighted by Crippen LogP contribution is -2.09. The maximum atomic E-state index is 5.65. The van der Waals surface area contributed by atoms with Gasteiger partial charge in [0.1, 0.15) is 11.3 Å². The zero-order valence-corrected chi connectivity index (χ0v) is 13.9. The number of imidazole rings is 1. The van der Waals surface area contributed by atoms with Gasteiger partial charge in [-0.1, -0.05) is 18.7 Å². The average molecular weight is 323 g/mol. The van der Waals surface area contributed by atoms with Gasteiger partial charge in [-0.25, -0.2) is 9.97 Å². The minimum Gasteiger partial charge on any atom is -0.371 e. The van der Waals surface area contributed by atoms with E-state index in [1.54, 1.807) is 12.4 Å². The van der Waals surface area contributed by atoms with Crippen LogP contribution in [0.4, 0.5) is 11.6 Å². The molecular weight excluding hydrogens is 302 g/mol. The first kappa shape index (κ1) is 15.9. The van der Waals surface area contributed by atoms with Crippen molar-refractivity contribution in [1.29, 1.82) is 0 Å². The van der Waals surface area contributed by atoms with Crippen LogP contribution in [-0.4, -0.2) is 26.6 Å². The van der Waals surface area contributed by atoms with Gasteiger partial charge < -0.3 is 20.9 Å². The Kier molecular flexibility index (Phi) is 4.43. The van der Waals surface area contributed by atoms with E-state index in [9.17, 15) is 0 Å². The number of rotatable bonds is 6. The highest BCUT2D eigenvalue weighted by Crippen LogP contribution is 2.29. The zero-order valence-electron chi connectivity index (χ0n) is 13.9. The fourth-order valence-corrected chi connectivity index (χ4v) is 2.68. The molecular formula is C17H21N7. The molecule has 4 N–H and O–H groups in total. The van der Waals surface area contributed by atoms with Gasteiger partial charge >= 0.3 is 0 Å². The topological polar surface area (TPSA) is 93.7 Å². The summed E-state index contributed by atoms with van der Waals surface area (Å²) in [5, 5.41) is 6.45. The Bertz CT molecular complexity index is 882. The van der Waals surface area contributed by atoms with Crippen molar-refractivity contribution in [3.8, 4) is 0 Å². The van der Waals surface area contributed by atoms with Gasteiger partial charge in [-0.3, -0.25) is 4.98 Å². The first-order valence-corrected chi connectivity index (χ1v) is 7.72. The van der Waals surface area contributed by atoms with Crippen LogP contribution in [0, 0.1) is 0 Å². The molecule has 0 radical (unpaired) electrons. The SMILES string of the molecule is C=Cc1c(NCc2cccc(CN)n2)nc(NC)c2ncn(C)c12. The zero-order chi connectivity index (χ0) is 17.1. The van der Waals surface area contributed by atoms with E-state index in [1.165, 1.54) is 0 Å². The Morgan fingerprint density at radius 1 is 1.25 bits per heavy atom. The van der Waals surface area contributed by atoms with Crippen molar-refractivity contribution in [3.63, 3.8) is 0 Å². The summed E-state index contributed by atoms with van der Waals surface area (Å²) in [7, 11) is 3.79. The second-order valence-corrected chi connectivity index (χ2v) is 5.41. The quantitative estimate of drug-likeness (QED) is 0.643. The highest BCUT2D eigenvalue weighted by Gasteiger charge is 2.15. The van der Waals surface area contributed by atoms with E-state index >= 15 is 0 Å². The summed E-state index contributed by atoms with van der Waals surface area (Å²) in [5.41, 5.74) is 10.1. The minimum atomic E-state index is 0.425. The maximum Gasteiger partial charge on any atom is 0.156 e. The van der Waals surface area contributed by atoms with Gasteiger partial charge in [0.15, 0.2) is 5.82 Å². The van der Waals surface area contributed by atoms with Crippen LogP contribution in [0.1, 0.15) is 17.0 Å². The molecule has 0 spiro atoms. The first-order chi connectivity index (χ1) is 11.7. The molecule has 0 aliphatic carbocycles. The number of nitrogens with two attached hydrogens (primary N) is 1. The summed E-state index contributed by atoms with van der Waals surface area (Å²) in [6.07, 6.45) is 3.57. The molecule has 0 saturated heterocycles. The monoisotopic (exact) mass is 323 g/mol. The fraction of sp³-hybridized carbons (Fsp3) is 0.235.